The van der Waals surface area contributed by atoms with Crippen molar-refractivity contribution < 1.29 is 4.79 Å². The lowest BCUT2D eigenvalue weighted by molar-refractivity contribution is 0.0952. The summed E-state index contributed by atoms with van der Waals surface area (Å²) in [5, 5.41) is 3.10. The van der Waals surface area contributed by atoms with Crippen molar-refractivity contribution in [2.24, 2.45) is 0 Å². The average Bonchev–Trinajstić information content (AvgIpc) is 2.41. The van der Waals surface area contributed by atoms with Gasteiger partial charge in [-0.15, -0.1) is 0 Å². The van der Waals surface area contributed by atoms with Gasteiger partial charge < -0.3 is 16.0 Å². The molecule has 0 saturated heterocycles. The van der Waals surface area contributed by atoms with Crippen LogP contribution in [0.1, 0.15) is 30.6 Å². The zero-order valence-corrected chi connectivity index (χ0v) is 12.2. The molecule has 19 heavy (non-hydrogen) atoms. The molecule has 1 aromatic heterocycles. The summed E-state index contributed by atoms with van der Waals surface area (Å²) >= 11 is 5.75. The van der Waals surface area contributed by atoms with Crippen LogP contribution in [-0.2, 0) is 0 Å². The SMILES string of the molecule is CCN(CC)CCCNC(=O)c1cc(Cl)ncc1N. The maximum Gasteiger partial charge on any atom is 0.253 e. The van der Waals surface area contributed by atoms with Crippen molar-refractivity contribution in [1.82, 2.24) is 15.2 Å². The Kier molecular flexibility index (Phi) is 6.59. The minimum absolute atomic E-state index is 0.207. The van der Waals surface area contributed by atoms with Crippen molar-refractivity contribution >= 4 is 23.2 Å². The molecule has 0 aliphatic carbocycles. The topological polar surface area (TPSA) is 71.2 Å². The molecule has 0 bridgehead atoms. The molecule has 1 aromatic rings. The summed E-state index contributed by atoms with van der Waals surface area (Å²) in [6, 6.07) is 1.48. The second-order valence-corrected chi connectivity index (χ2v) is 4.62. The Morgan fingerprint density at radius 2 is 2.16 bits per heavy atom. The number of rotatable bonds is 7. The van der Waals surface area contributed by atoms with E-state index in [0.717, 1.165) is 26.1 Å². The molecule has 1 rings (SSSR count). The lowest BCUT2D eigenvalue weighted by Gasteiger charge is -2.17. The molecular formula is C13H21ClN4O. The van der Waals surface area contributed by atoms with E-state index in [1.165, 1.54) is 12.3 Å². The van der Waals surface area contributed by atoms with E-state index in [0.29, 0.717) is 17.8 Å². The van der Waals surface area contributed by atoms with Gasteiger partial charge in [-0.25, -0.2) is 4.98 Å². The normalized spacial score (nSPS) is 10.7. The first kappa shape index (κ1) is 15.7. The number of hydrogen-bond donors (Lipinski definition) is 2. The standard InChI is InChI=1S/C13H21ClN4O/c1-3-18(4-2)7-5-6-16-13(19)10-8-12(14)17-9-11(10)15/h8-9H,3-7,15H2,1-2H3,(H,16,19). The maximum absolute atomic E-state index is 11.9. The molecule has 0 fully saturated rings. The first-order chi connectivity index (χ1) is 9.08. The Morgan fingerprint density at radius 1 is 1.47 bits per heavy atom. The molecule has 6 heteroatoms. The highest BCUT2D eigenvalue weighted by Crippen LogP contribution is 2.14. The fourth-order valence-corrected chi connectivity index (χ4v) is 1.93. The number of amides is 1. The number of carbonyl (C=O) groups is 1. The van der Waals surface area contributed by atoms with Crippen LogP contribution in [0.15, 0.2) is 12.3 Å². The van der Waals surface area contributed by atoms with Gasteiger partial charge in [0.1, 0.15) is 5.15 Å². The van der Waals surface area contributed by atoms with E-state index in [9.17, 15) is 4.79 Å². The van der Waals surface area contributed by atoms with E-state index >= 15 is 0 Å². The number of nitrogen functional groups attached to an aromatic ring is 1. The summed E-state index contributed by atoms with van der Waals surface area (Å²) in [5.74, 6) is -0.207. The predicted octanol–water partition coefficient (Wildman–Crippen LogP) is 1.78. The number of nitrogens with one attached hydrogen (secondary N) is 1. The van der Waals surface area contributed by atoms with Crippen LogP contribution in [0.25, 0.3) is 0 Å². The smallest absolute Gasteiger partial charge is 0.253 e. The predicted molar refractivity (Wildman–Crippen MR) is 78.4 cm³/mol. The molecule has 0 aliphatic rings. The molecule has 1 heterocycles. The number of anilines is 1. The second-order valence-electron chi connectivity index (χ2n) is 4.23. The van der Waals surface area contributed by atoms with Gasteiger partial charge in [0.25, 0.3) is 5.91 Å². The largest absolute Gasteiger partial charge is 0.397 e. The van der Waals surface area contributed by atoms with Crippen LogP contribution in [0.5, 0.6) is 0 Å². The Hall–Kier alpha value is -1.33. The Labute approximate surface area is 119 Å². The summed E-state index contributed by atoms with van der Waals surface area (Å²) in [7, 11) is 0. The minimum atomic E-state index is -0.207. The van der Waals surface area contributed by atoms with Gasteiger partial charge in [-0.3, -0.25) is 4.79 Å². The molecule has 5 nitrogen and oxygen atoms in total. The van der Waals surface area contributed by atoms with Gasteiger partial charge in [-0.2, -0.15) is 0 Å². The van der Waals surface area contributed by atoms with Crippen LogP contribution >= 0.6 is 11.6 Å². The summed E-state index contributed by atoms with van der Waals surface area (Å²) in [6.45, 7) is 7.90. The van der Waals surface area contributed by atoms with Crippen molar-refractivity contribution in [2.45, 2.75) is 20.3 Å². The molecule has 0 unspecified atom stereocenters. The van der Waals surface area contributed by atoms with Crippen LogP contribution in [0.4, 0.5) is 5.69 Å². The number of pyridine rings is 1. The molecule has 0 radical (unpaired) electrons. The van der Waals surface area contributed by atoms with Gasteiger partial charge in [0, 0.05) is 6.54 Å². The van der Waals surface area contributed by atoms with Gasteiger partial charge in [0.15, 0.2) is 0 Å². The molecule has 1 amide bonds. The van der Waals surface area contributed by atoms with Crippen molar-refractivity contribution in [2.75, 3.05) is 31.9 Å². The van der Waals surface area contributed by atoms with Gasteiger partial charge in [0.2, 0.25) is 0 Å². The van der Waals surface area contributed by atoms with E-state index < -0.39 is 0 Å². The Bertz CT molecular complexity index is 421. The highest BCUT2D eigenvalue weighted by molar-refractivity contribution is 6.29. The van der Waals surface area contributed by atoms with Crippen molar-refractivity contribution in [1.29, 1.82) is 0 Å². The summed E-state index contributed by atoms with van der Waals surface area (Å²) < 4.78 is 0. The highest BCUT2D eigenvalue weighted by atomic mass is 35.5. The van der Waals surface area contributed by atoms with E-state index in [2.05, 4.69) is 29.0 Å². The number of hydrogen-bond acceptors (Lipinski definition) is 4. The van der Waals surface area contributed by atoms with E-state index in [4.69, 9.17) is 17.3 Å². The lowest BCUT2D eigenvalue weighted by Crippen LogP contribution is -2.30. The number of aromatic nitrogens is 1. The number of nitrogens with zero attached hydrogens (tertiary/aromatic N) is 2. The third-order valence-electron chi connectivity index (χ3n) is 2.98. The quantitative estimate of drug-likeness (QED) is 0.591. The molecular weight excluding hydrogens is 264 g/mol. The fraction of sp³-hybridized carbons (Fsp3) is 0.538. The number of halogens is 1. The molecule has 0 aromatic carbocycles. The van der Waals surface area contributed by atoms with E-state index in [-0.39, 0.29) is 11.1 Å². The molecule has 106 valence electrons. The van der Waals surface area contributed by atoms with Gasteiger partial charge in [0.05, 0.1) is 17.4 Å². The summed E-state index contributed by atoms with van der Waals surface area (Å²) in [5.41, 5.74) is 6.41. The van der Waals surface area contributed by atoms with Crippen molar-refractivity contribution in [3.05, 3.63) is 23.0 Å². The third kappa shape index (κ3) is 5.04. The summed E-state index contributed by atoms with van der Waals surface area (Å²) in [6.07, 6.45) is 2.30. The van der Waals surface area contributed by atoms with E-state index in [1.807, 2.05) is 0 Å². The molecule has 0 atom stereocenters. The molecule has 3 N–H and O–H groups in total. The van der Waals surface area contributed by atoms with Gasteiger partial charge in [-0.1, -0.05) is 25.4 Å². The molecule has 0 aliphatic heterocycles. The van der Waals surface area contributed by atoms with Crippen LogP contribution in [0.2, 0.25) is 5.15 Å². The Balaban J connectivity index is 2.41. The average molecular weight is 285 g/mol. The van der Waals surface area contributed by atoms with Crippen LogP contribution in [0, 0.1) is 0 Å². The number of nitrogens with two attached hydrogens (primary N) is 1. The first-order valence-electron chi connectivity index (χ1n) is 6.50. The molecule has 0 spiro atoms. The number of carbonyl (C=O) groups excluding carboxylic acids is 1. The Morgan fingerprint density at radius 3 is 2.79 bits per heavy atom. The monoisotopic (exact) mass is 284 g/mol. The molecule has 0 saturated carbocycles. The third-order valence-corrected chi connectivity index (χ3v) is 3.18. The zero-order chi connectivity index (χ0) is 14.3. The minimum Gasteiger partial charge on any atom is -0.397 e. The maximum atomic E-state index is 11.9. The lowest BCUT2D eigenvalue weighted by atomic mass is 10.2. The van der Waals surface area contributed by atoms with Crippen LogP contribution in [0.3, 0.4) is 0 Å². The van der Waals surface area contributed by atoms with Crippen LogP contribution < -0.4 is 11.1 Å². The fourth-order valence-electron chi connectivity index (χ4n) is 1.78. The van der Waals surface area contributed by atoms with Crippen LogP contribution in [-0.4, -0.2) is 42.0 Å². The zero-order valence-electron chi connectivity index (χ0n) is 11.4. The first-order valence-corrected chi connectivity index (χ1v) is 6.87. The highest BCUT2D eigenvalue weighted by Gasteiger charge is 2.10. The van der Waals surface area contributed by atoms with Gasteiger partial charge >= 0.3 is 0 Å². The second kappa shape index (κ2) is 7.96. The summed E-state index contributed by atoms with van der Waals surface area (Å²) in [4.78, 5) is 18.0. The van der Waals surface area contributed by atoms with Crippen molar-refractivity contribution in [3.63, 3.8) is 0 Å². The van der Waals surface area contributed by atoms with Crippen molar-refractivity contribution in [3.8, 4) is 0 Å². The van der Waals surface area contributed by atoms with E-state index in [1.54, 1.807) is 0 Å². The van der Waals surface area contributed by atoms with Gasteiger partial charge in [-0.05, 0) is 32.1 Å².